The topological polar surface area (TPSA) is 179 Å². The van der Waals surface area contributed by atoms with E-state index in [2.05, 4.69) is 15.6 Å². The number of hydrogen-bond acceptors (Lipinski definition) is 9. The van der Waals surface area contributed by atoms with Gasteiger partial charge in [-0.1, -0.05) is 30.3 Å². The van der Waals surface area contributed by atoms with Crippen molar-refractivity contribution in [2.24, 2.45) is 17.2 Å². The minimum atomic E-state index is -1.17. The maximum absolute atomic E-state index is 13.7. The van der Waals surface area contributed by atoms with Crippen LogP contribution in [0.3, 0.4) is 0 Å². The molecular formula is C30H41N7O4S. The van der Waals surface area contributed by atoms with Crippen LogP contribution in [0.15, 0.2) is 60.8 Å². The number of benzene rings is 2. The van der Waals surface area contributed by atoms with E-state index in [4.69, 9.17) is 21.9 Å². The van der Waals surface area contributed by atoms with Crippen molar-refractivity contribution < 1.29 is 19.1 Å². The second kappa shape index (κ2) is 15.5. The molecule has 0 aliphatic heterocycles. The van der Waals surface area contributed by atoms with Gasteiger partial charge in [0.05, 0.1) is 37.0 Å². The highest BCUT2D eigenvalue weighted by Crippen LogP contribution is 2.33. The summed E-state index contributed by atoms with van der Waals surface area (Å²) in [5.74, 6) is -0.0504. The van der Waals surface area contributed by atoms with Gasteiger partial charge in [-0.15, -0.1) is 11.8 Å². The molecule has 0 unspecified atom stereocenters. The molecular weight excluding hydrogens is 554 g/mol. The van der Waals surface area contributed by atoms with Crippen LogP contribution in [0.25, 0.3) is 10.9 Å². The highest BCUT2D eigenvalue weighted by atomic mass is 32.2. The van der Waals surface area contributed by atoms with Gasteiger partial charge in [0.1, 0.15) is 11.8 Å². The van der Waals surface area contributed by atoms with Crippen molar-refractivity contribution in [2.45, 2.75) is 42.9 Å². The quantitative estimate of drug-likeness (QED) is 0.175. The average Bonchev–Trinajstić information content (AvgIpc) is 2.98. The van der Waals surface area contributed by atoms with Crippen LogP contribution in [-0.4, -0.2) is 77.7 Å². The van der Waals surface area contributed by atoms with Crippen LogP contribution in [-0.2, 0) is 20.1 Å². The fourth-order valence-electron chi connectivity index (χ4n) is 4.32. The summed E-state index contributed by atoms with van der Waals surface area (Å²) in [5, 5.41) is 6.59. The van der Waals surface area contributed by atoms with E-state index in [0.29, 0.717) is 24.5 Å². The molecule has 226 valence electrons. The number of amides is 3. The molecule has 12 heteroatoms. The van der Waals surface area contributed by atoms with Gasteiger partial charge in [0.25, 0.3) is 0 Å². The van der Waals surface area contributed by atoms with Crippen molar-refractivity contribution in [1.29, 1.82) is 0 Å². The number of carbonyl (C=O) groups excluding carboxylic acids is 3. The summed E-state index contributed by atoms with van der Waals surface area (Å²) in [6.45, 7) is 4.91. The molecule has 11 nitrogen and oxygen atoms in total. The van der Waals surface area contributed by atoms with Gasteiger partial charge in [-0.25, -0.2) is 0 Å². The summed E-state index contributed by atoms with van der Waals surface area (Å²) < 4.78 is 4.46. The molecule has 0 spiro atoms. The van der Waals surface area contributed by atoms with Crippen LogP contribution < -0.4 is 32.6 Å². The van der Waals surface area contributed by atoms with Crippen molar-refractivity contribution in [3.05, 3.63) is 66.4 Å². The summed E-state index contributed by atoms with van der Waals surface area (Å²) in [6, 6.07) is 14.9. The summed E-state index contributed by atoms with van der Waals surface area (Å²) in [4.78, 5) is 45.7. The molecule has 3 rings (SSSR count). The lowest BCUT2D eigenvalue weighted by atomic mass is 10.0. The predicted molar refractivity (Wildman–Crippen MR) is 168 cm³/mol. The van der Waals surface area contributed by atoms with Gasteiger partial charge in [-0.2, -0.15) is 0 Å². The number of pyridine rings is 1. The van der Waals surface area contributed by atoms with E-state index in [0.717, 1.165) is 22.2 Å². The first kappa shape index (κ1) is 32.8. The van der Waals surface area contributed by atoms with Gasteiger partial charge in [0.15, 0.2) is 0 Å². The number of anilines is 1. The van der Waals surface area contributed by atoms with E-state index in [1.165, 1.54) is 16.7 Å². The summed E-state index contributed by atoms with van der Waals surface area (Å²) in [6.07, 6.45) is 1.33. The number of carbonyl (C=O) groups is 3. The molecule has 0 fully saturated rings. The molecule has 0 bridgehead atoms. The minimum Gasteiger partial charge on any atom is -0.497 e. The molecule has 42 heavy (non-hydrogen) atoms. The summed E-state index contributed by atoms with van der Waals surface area (Å²) in [7, 11) is 1.61. The smallest absolute Gasteiger partial charge is 0.248 e. The number of rotatable bonds is 15. The molecule has 3 aromatic rings. The molecule has 0 saturated heterocycles. The van der Waals surface area contributed by atoms with Crippen LogP contribution in [0.4, 0.5) is 5.69 Å². The second-order valence-corrected chi connectivity index (χ2v) is 12.0. The normalized spacial score (nSPS) is 12.8. The molecule has 1 heterocycles. The molecule has 0 aliphatic rings. The van der Waals surface area contributed by atoms with E-state index in [-0.39, 0.29) is 25.4 Å². The number of nitrogens with zero attached hydrogens (tertiary/aromatic N) is 2. The molecule has 0 radical (unpaired) electrons. The maximum Gasteiger partial charge on any atom is 0.248 e. The number of aromatic nitrogens is 1. The Balaban J connectivity index is 1.79. The third-order valence-corrected chi connectivity index (χ3v) is 8.21. The predicted octanol–water partition coefficient (Wildman–Crippen LogP) is 1.84. The van der Waals surface area contributed by atoms with E-state index in [9.17, 15) is 14.4 Å². The SMILES string of the molecule is COc1ccc(CSC(C)(C)[C@H](NC(=O)[C@@H](N)CC(=O)N(CCN)CCN)C(=O)Nc2cnc3ccccc3c2)cc1. The lowest BCUT2D eigenvalue weighted by molar-refractivity contribution is -0.134. The first-order chi connectivity index (χ1) is 20.1. The lowest BCUT2D eigenvalue weighted by Gasteiger charge is -2.34. The Bertz CT molecular complexity index is 1350. The van der Waals surface area contributed by atoms with Crippen LogP contribution >= 0.6 is 11.8 Å². The maximum atomic E-state index is 13.7. The van der Waals surface area contributed by atoms with Gasteiger partial charge >= 0.3 is 0 Å². The Labute approximate surface area is 250 Å². The van der Waals surface area contributed by atoms with Gasteiger partial charge in [0.2, 0.25) is 17.7 Å². The molecule has 0 saturated carbocycles. The van der Waals surface area contributed by atoms with Crippen molar-refractivity contribution in [1.82, 2.24) is 15.2 Å². The molecule has 2 atom stereocenters. The first-order valence-electron chi connectivity index (χ1n) is 13.7. The Morgan fingerprint density at radius 2 is 1.69 bits per heavy atom. The average molecular weight is 596 g/mol. The molecule has 1 aromatic heterocycles. The Morgan fingerprint density at radius 1 is 1.02 bits per heavy atom. The van der Waals surface area contributed by atoms with E-state index in [1.54, 1.807) is 13.3 Å². The van der Waals surface area contributed by atoms with Crippen molar-refractivity contribution in [2.75, 3.05) is 38.6 Å². The minimum absolute atomic E-state index is 0.242. The van der Waals surface area contributed by atoms with E-state index < -0.39 is 28.6 Å². The van der Waals surface area contributed by atoms with Crippen LogP contribution in [0.2, 0.25) is 0 Å². The second-order valence-electron chi connectivity index (χ2n) is 10.4. The number of methoxy groups -OCH3 is 1. The van der Waals surface area contributed by atoms with E-state index in [1.807, 2.05) is 68.4 Å². The number of ether oxygens (including phenoxy) is 1. The number of fused-ring (bicyclic) bond motifs is 1. The van der Waals surface area contributed by atoms with Crippen molar-refractivity contribution in [3.63, 3.8) is 0 Å². The summed E-state index contributed by atoms with van der Waals surface area (Å²) >= 11 is 1.50. The number of thioether (sulfide) groups is 1. The fourth-order valence-corrected chi connectivity index (χ4v) is 5.38. The van der Waals surface area contributed by atoms with E-state index >= 15 is 0 Å². The van der Waals surface area contributed by atoms with Crippen LogP contribution in [0, 0.1) is 0 Å². The van der Waals surface area contributed by atoms with Crippen LogP contribution in [0.5, 0.6) is 5.75 Å². The molecule has 2 aromatic carbocycles. The Hall–Kier alpha value is -3.71. The number of nitrogens with one attached hydrogen (secondary N) is 2. The molecule has 8 N–H and O–H groups in total. The Morgan fingerprint density at radius 3 is 2.33 bits per heavy atom. The molecule has 0 aliphatic carbocycles. The summed E-state index contributed by atoms with van der Waals surface area (Å²) in [5.41, 5.74) is 19.7. The number of hydrogen-bond donors (Lipinski definition) is 5. The van der Waals surface area contributed by atoms with Crippen molar-refractivity contribution >= 4 is 46.1 Å². The van der Waals surface area contributed by atoms with Gasteiger partial charge in [-0.05, 0) is 43.7 Å². The third-order valence-electron chi connectivity index (χ3n) is 6.75. The molecule has 3 amide bonds. The Kier molecular flexibility index (Phi) is 12.1. The zero-order valence-corrected chi connectivity index (χ0v) is 25.2. The third kappa shape index (κ3) is 9.15. The van der Waals surface area contributed by atoms with Gasteiger partial charge in [-0.3, -0.25) is 19.4 Å². The fraction of sp³-hybridized carbons (Fsp3) is 0.400. The van der Waals surface area contributed by atoms with Gasteiger partial charge < -0.3 is 37.5 Å². The highest BCUT2D eigenvalue weighted by molar-refractivity contribution is 7.99. The first-order valence-corrected chi connectivity index (χ1v) is 14.7. The zero-order chi connectivity index (χ0) is 30.7. The largest absolute Gasteiger partial charge is 0.497 e. The van der Waals surface area contributed by atoms with Crippen LogP contribution in [0.1, 0.15) is 25.8 Å². The lowest BCUT2D eigenvalue weighted by Crippen LogP contribution is -2.58. The number of nitrogens with two attached hydrogens (primary N) is 3. The standard InChI is InChI=1S/C30H41N7O4S/c1-30(2,42-19-20-8-10-23(41-3)11-9-20)27(29(40)35-22-16-21-6-4-5-7-25(21)34-18-22)36-28(39)24(33)17-26(38)37(14-12-31)15-13-32/h4-11,16,18,24,27H,12-15,17,19,31-33H2,1-3H3,(H,35,40)(H,36,39)/t24-,27+/m0/s1. The highest BCUT2D eigenvalue weighted by Gasteiger charge is 2.38. The van der Waals surface area contributed by atoms with Gasteiger partial charge in [0, 0.05) is 42.1 Å². The monoisotopic (exact) mass is 595 g/mol. The van der Waals surface area contributed by atoms with Crippen molar-refractivity contribution in [3.8, 4) is 5.75 Å². The number of para-hydroxylation sites is 1. The zero-order valence-electron chi connectivity index (χ0n) is 24.3.